The minimum Gasteiger partial charge on any atom is -0.433 e. The summed E-state index contributed by atoms with van der Waals surface area (Å²) in [4.78, 5) is 6.34. The van der Waals surface area contributed by atoms with Gasteiger partial charge in [-0.3, -0.25) is 0 Å². The summed E-state index contributed by atoms with van der Waals surface area (Å²) in [7, 11) is 0. The lowest BCUT2D eigenvalue weighted by atomic mass is 10.1. The van der Waals surface area contributed by atoms with Crippen molar-refractivity contribution in [2.45, 2.75) is 32.0 Å². The van der Waals surface area contributed by atoms with E-state index in [-0.39, 0.29) is 11.9 Å². The standard InChI is InChI=1S/C16H22F2N2O3/c17-16(18)23-14-1-2-15(19-9-14)20-6-3-13(4-7-20)22-11-12-5-8-21-10-12/h1-2,9,12-13,16H,3-8,10-11H2. The van der Waals surface area contributed by atoms with Crippen LogP contribution in [-0.4, -0.2) is 50.6 Å². The molecule has 0 radical (unpaired) electrons. The molecule has 0 amide bonds. The summed E-state index contributed by atoms with van der Waals surface area (Å²) in [5, 5.41) is 0. The van der Waals surface area contributed by atoms with Gasteiger partial charge in [0, 0.05) is 25.6 Å². The highest BCUT2D eigenvalue weighted by Crippen LogP contribution is 2.23. The highest BCUT2D eigenvalue weighted by molar-refractivity contribution is 5.41. The molecule has 2 aliphatic heterocycles. The van der Waals surface area contributed by atoms with E-state index in [2.05, 4.69) is 14.6 Å². The Morgan fingerprint density at radius 2 is 2.09 bits per heavy atom. The highest BCUT2D eigenvalue weighted by Gasteiger charge is 2.23. The fourth-order valence-corrected chi connectivity index (χ4v) is 2.97. The maximum atomic E-state index is 12.1. The monoisotopic (exact) mass is 328 g/mol. The molecule has 1 aromatic heterocycles. The van der Waals surface area contributed by atoms with E-state index in [0.717, 1.165) is 58.0 Å². The molecule has 0 aromatic carbocycles. The predicted octanol–water partition coefficient (Wildman–Crippen LogP) is 2.70. The Bertz CT molecular complexity index is 473. The number of nitrogens with zero attached hydrogens (tertiary/aromatic N) is 2. The van der Waals surface area contributed by atoms with E-state index in [1.807, 2.05) is 0 Å². The van der Waals surface area contributed by atoms with Crippen LogP contribution in [0.1, 0.15) is 19.3 Å². The first-order valence-electron chi connectivity index (χ1n) is 8.06. The van der Waals surface area contributed by atoms with Gasteiger partial charge in [-0.2, -0.15) is 8.78 Å². The van der Waals surface area contributed by atoms with Gasteiger partial charge >= 0.3 is 6.61 Å². The van der Waals surface area contributed by atoms with E-state index in [1.165, 1.54) is 12.3 Å². The van der Waals surface area contributed by atoms with E-state index in [1.54, 1.807) is 6.07 Å². The lowest BCUT2D eigenvalue weighted by Gasteiger charge is -2.33. The molecule has 0 N–H and O–H groups in total. The van der Waals surface area contributed by atoms with Crippen molar-refractivity contribution < 1.29 is 23.0 Å². The Hall–Kier alpha value is -1.47. The third kappa shape index (κ3) is 4.75. The van der Waals surface area contributed by atoms with Gasteiger partial charge < -0.3 is 19.1 Å². The number of anilines is 1. The number of alkyl halides is 2. The number of aromatic nitrogens is 1. The number of rotatable bonds is 6. The van der Waals surface area contributed by atoms with Crippen molar-refractivity contribution in [1.82, 2.24) is 4.98 Å². The summed E-state index contributed by atoms with van der Waals surface area (Å²) in [6.07, 6.45) is 4.61. The van der Waals surface area contributed by atoms with Gasteiger partial charge in [0.05, 0.1) is 25.5 Å². The molecule has 2 saturated heterocycles. The van der Waals surface area contributed by atoms with Gasteiger partial charge in [-0.15, -0.1) is 0 Å². The molecule has 2 fully saturated rings. The van der Waals surface area contributed by atoms with Crippen LogP contribution in [-0.2, 0) is 9.47 Å². The highest BCUT2D eigenvalue weighted by atomic mass is 19.3. The molecule has 0 aliphatic carbocycles. The molecule has 5 nitrogen and oxygen atoms in total. The van der Waals surface area contributed by atoms with Gasteiger partial charge in [-0.25, -0.2) is 4.98 Å². The Morgan fingerprint density at radius 1 is 1.26 bits per heavy atom. The maximum absolute atomic E-state index is 12.1. The second-order valence-electron chi connectivity index (χ2n) is 5.98. The molecule has 3 heterocycles. The normalized spacial score (nSPS) is 22.7. The molecule has 1 atom stereocenters. The number of pyridine rings is 1. The van der Waals surface area contributed by atoms with Crippen LogP contribution in [0.4, 0.5) is 14.6 Å². The van der Waals surface area contributed by atoms with Crippen LogP contribution < -0.4 is 9.64 Å². The number of halogens is 2. The SMILES string of the molecule is FC(F)Oc1ccc(N2CCC(OCC3CCOC3)CC2)nc1. The fourth-order valence-electron chi connectivity index (χ4n) is 2.97. The van der Waals surface area contributed by atoms with Gasteiger partial charge in [-0.05, 0) is 31.4 Å². The van der Waals surface area contributed by atoms with Crippen molar-refractivity contribution in [2.75, 3.05) is 37.8 Å². The first-order chi connectivity index (χ1) is 11.2. The molecule has 0 spiro atoms. The van der Waals surface area contributed by atoms with Crippen molar-refractivity contribution in [3.05, 3.63) is 18.3 Å². The second-order valence-corrected chi connectivity index (χ2v) is 5.98. The molecule has 2 aliphatic rings. The van der Waals surface area contributed by atoms with Crippen molar-refractivity contribution in [3.63, 3.8) is 0 Å². The summed E-state index contributed by atoms with van der Waals surface area (Å²) >= 11 is 0. The van der Waals surface area contributed by atoms with E-state index in [9.17, 15) is 8.78 Å². The largest absolute Gasteiger partial charge is 0.433 e. The zero-order valence-electron chi connectivity index (χ0n) is 13.0. The van der Waals surface area contributed by atoms with Crippen molar-refractivity contribution in [3.8, 4) is 5.75 Å². The molecule has 128 valence electrons. The van der Waals surface area contributed by atoms with Crippen molar-refractivity contribution >= 4 is 5.82 Å². The van der Waals surface area contributed by atoms with Gasteiger partial charge in [0.25, 0.3) is 0 Å². The fraction of sp³-hybridized carbons (Fsp3) is 0.688. The van der Waals surface area contributed by atoms with Gasteiger partial charge in [0.15, 0.2) is 0 Å². The summed E-state index contributed by atoms with van der Waals surface area (Å²) in [6.45, 7) is 1.34. The average molecular weight is 328 g/mol. The summed E-state index contributed by atoms with van der Waals surface area (Å²) in [5.74, 6) is 1.41. The van der Waals surface area contributed by atoms with Crippen molar-refractivity contribution in [2.24, 2.45) is 5.92 Å². The minimum atomic E-state index is -2.82. The van der Waals surface area contributed by atoms with E-state index >= 15 is 0 Å². The predicted molar refractivity (Wildman–Crippen MR) is 81.0 cm³/mol. The number of piperidine rings is 1. The molecular formula is C16H22F2N2O3. The number of hydrogen-bond donors (Lipinski definition) is 0. The van der Waals surface area contributed by atoms with Gasteiger partial charge in [-0.1, -0.05) is 0 Å². The zero-order valence-corrected chi connectivity index (χ0v) is 13.0. The Balaban J connectivity index is 1.42. The average Bonchev–Trinajstić information content (AvgIpc) is 3.07. The first kappa shape index (κ1) is 16.4. The second kappa shape index (κ2) is 7.88. The molecule has 0 bridgehead atoms. The van der Waals surface area contributed by atoms with Gasteiger partial charge in [0.2, 0.25) is 0 Å². The summed E-state index contributed by atoms with van der Waals surface area (Å²) in [5.41, 5.74) is 0. The molecule has 0 saturated carbocycles. The van der Waals surface area contributed by atoms with Crippen LogP contribution in [0.15, 0.2) is 18.3 Å². The number of ether oxygens (including phenoxy) is 3. The topological polar surface area (TPSA) is 43.8 Å². The quantitative estimate of drug-likeness (QED) is 0.803. The molecule has 1 unspecified atom stereocenters. The lowest BCUT2D eigenvalue weighted by Crippen LogP contribution is -2.38. The van der Waals surface area contributed by atoms with Crippen LogP contribution in [0.25, 0.3) is 0 Å². The summed E-state index contributed by atoms with van der Waals surface area (Å²) in [6, 6.07) is 3.24. The van der Waals surface area contributed by atoms with Crippen LogP contribution in [0.5, 0.6) is 5.75 Å². The molecule has 1 aromatic rings. The van der Waals surface area contributed by atoms with E-state index in [0.29, 0.717) is 5.92 Å². The smallest absolute Gasteiger partial charge is 0.387 e. The van der Waals surface area contributed by atoms with E-state index in [4.69, 9.17) is 9.47 Å². The molecule has 3 rings (SSSR count). The van der Waals surface area contributed by atoms with Crippen LogP contribution in [0.3, 0.4) is 0 Å². The lowest BCUT2D eigenvalue weighted by molar-refractivity contribution is -0.0500. The molecule has 23 heavy (non-hydrogen) atoms. The number of hydrogen-bond acceptors (Lipinski definition) is 5. The minimum absolute atomic E-state index is 0.0840. The third-order valence-corrected chi connectivity index (χ3v) is 4.30. The van der Waals surface area contributed by atoms with Crippen LogP contribution in [0.2, 0.25) is 0 Å². The molecule has 7 heteroatoms. The Labute approximate surface area is 134 Å². The Kier molecular flexibility index (Phi) is 5.61. The summed E-state index contributed by atoms with van der Waals surface area (Å²) < 4.78 is 39.9. The van der Waals surface area contributed by atoms with Gasteiger partial charge in [0.1, 0.15) is 11.6 Å². The first-order valence-corrected chi connectivity index (χ1v) is 8.06. The zero-order chi connectivity index (χ0) is 16.1. The Morgan fingerprint density at radius 3 is 2.70 bits per heavy atom. The maximum Gasteiger partial charge on any atom is 0.387 e. The van der Waals surface area contributed by atoms with E-state index < -0.39 is 6.61 Å². The third-order valence-electron chi connectivity index (χ3n) is 4.30. The van der Waals surface area contributed by atoms with Crippen molar-refractivity contribution in [1.29, 1.82) is 0 Å². The molecular weight excluding hydrogens is 306 g/mol. The van der Waals surface area contributed by atoms with Crippen LogP contribution >= 0.6 is 0 Å². The van der Waals surface area contributed by atoms with Crippen LogP contribution in [0, 0.1) is 5.92 Å².